The van der Waals surface area contributed by atoms with Gasteiger partial charge in [0.05, 0.1) is 5.92 Å². The van der Waals surface area contributed by atoms with E-state index in [4.69, 9.17) is 0 Å². The predicted octanol–water partition coefficient (Wildman–Crippen LogP) is 5.60. The van der Waals surface area contributed by atoms with Gasteiger partial charge in [-0.1, -0.05) is 91.0 Å². The molecule has 0 spiro atoms. The topological polar surface area (TPSA) is 17.1 Å². The lowest BCUT2D eigenvalue weighted by atomic mass is 9.92. The van der Waals surface area contributed by atoms with Crippen molar-refractivity contribution in [2.45, 2.75) is 12.3 Å². The van der Waals surface area contributed by atoms with Crippen molar-refractivity contribution < 1.29 is 4.79 Å². The highest BCUT2D eigenvalue weighted by Crippen LogP contribution is 2.43. The first-order valence-corrected chi connectivity index (χ1v) is 8.27. The van der Waals surface area contributed by atoms with Crippen molar-refractivity contribution in [1.29, 1.82) is 0 Å². The predicted molar refractivity (Wildman–Crippen MR) is 98.9 cm³/mol. The minimum absolute atomic E-state index is 0.0847. The van der Waals surface area contributed by atoms with E-state index in [9.17, 15) is 4.79 Å². The molecule has 0 amide bonds. The van der Waals surface area contributed by atoms with Crippen LogP contribution in [0.25, 0.3) is 11.6 Å². The maximum absolute atomic E-state index is 13.0. The van der Waals surface area contributed by atoms with E-state index in [1.165, 1.54) is 16.7 Å². The minimum Gasteiger partial charge on any atom is -0.293 e. The SMILES string of the molecule is O=C(c1ccccc1)C1C/C(=C/c2ccccc2)c2ccccc21. The van der Waals surface area contributed by atoms with Crippen LogP contribution in [0.15, 0.2) is 84.9 Å². The molecule has 4 rings (SSSR count). The summed E-state index contributed by atoms with van der Waals surface area (Å²) in [4.78, 5) is 13.0. The largest absolute Gasteiger partial charge is 0.293 e. The Morgan fingerprint density at radius 2 is 1.42 bits per heavy atom. The van der Waals surface area contributed by atoms with E-state index < -0.39 is 0 Å². The van der Waals surface area contributed by atoms with Crippen molar-refractivity contribution in [1.82, 2.24) is 0 Å². The Morgan fingerprint density at radius 3 is 2.17 bits per heavy atom. The van der Waals surface area contributed by atoms with Crippen molar-refractivity contribution >= 4 is 17.4 Å². The van der Waals surface area contributed by atoms with Crippen molar-refractivity contribution in [2.24, 2.45) is 0 Å². The molecule has 3 aromatic carbocycles. The monoisotopic (exact) mass is 310 g/mol. The van der Waals surface area contributed by atoms with E-state index in [0.717, 1.165) is 17.5 Å². The molecule has 1 atom stereocenters. The van der Waals surface area contributed by atoms with Crippen molar-refractivity contribution in [2.75, 3.05) is 0 Å². The fourth-order valence-electron chi connectivity index (χ4n) is 3.46. The molecule has 1 nitrogen and oxygen atoms in total. The molecule has 1 heteroatoms. The van der Waals surface area contributed by atoms with Gasteiger partial charge in [-0.15, -0.1) is 0 Å². The molecule has 1 unspecified atom stereocenters. The molecule has 1 aliphatic rings. The van der Waals surface area contributed by atoms with E-state index in [-0.39, 0.29) is 11.7 Å². The lowest BCUT2D eigenvalue weighted by Crippen LogP contribution is -2.09. The highest BCUT2D eigenvalue weighted by atomic mass is 16.1. The second-order valence-electron chi connectivity index (χ2n) is 6.15. The molecule has 0 fully saturated rings. The van der Waals surface area contributed by atoms with Crippen LogP contribution in [-0.2, 0) is 0 Å². The van der Waals surface area contributed by atoms with Crippen LogP contribution in [0.3, 0.4) is 0 Å². The van der Waals surface area contributed by atoms with Crippen LogP contribution in [0, 0.1) is 0 Å². The number of Topliss-reactive ketones (excluding diaryl/α,β-unsaturated/α-hetero) is 1. The summed E-state index contributed by atoms with van der Waals surface area (Å²) >= 11 is 0. The Kier molecular flexibility index (Phi) is 3.84. The first-order valence-electron chi connectivity index (χ1n) is 8.27. The number of hydrogen-bond donors (Lipinski definition) is 0. The lowest BCUT2D eigenvalue weighted by molar-refractivity contribution is 0.0963. The van der Waals surface area contributed by atoms with Gasteiger partial charge < -0.3 is 0 Å². The molecular formula is C23H18O. The number of benzene rings is 3. The molecule has 0 saturated heterocycles. The fourth-order valence-corrected chi connectivity index (χ4v) is 3.46. The lowest BCUT2D eigenvalue weighted by Gasteiger charge is -2.09. The summed E-state index contributed by atoms with van der Waals surface area (Å²) in [6, 6.07) is 28.2. The van der Waals surface area contributed by atoms with Gasteiger partial charge in [0.2, 0.25) is 0 Å². The number of ketones is 1. The van der Waals surface area contributed by atoms with Gasteiger partial charge in [-0.3, -0.25) is 4.79 Å². The third-order valence-corrected chi connectivity index (χ3v) is 4.62. The summed E-state index contributed by atoms with van der Waals surface area (Å²) in [6.45, 7) is 0. The zero-order valence-corrected chi connectivity index (χ0v) is 13.4. The average molecular weight is 310 g/mol. The number of rotatable bonds is 3. The van der Waals surface area contributed by atoms with Crippen LogP contribution < -0.4 is 0 Å². The molecule has 0 bridgehead atoms. The van der Waals surface area contributed by atoms with Crippen LogP contribution in [0.4, 0.5) is 0 Å². The van der Waals surface area contributed by atoms with Gasteiger partial charge in [0.15, 0.2) is 5.78 Å². The standard InChI is InChI=1S/C23H18O/c24-23(18-11-5-2-6-12-18)22-16-19(15-17-9-3-1-4-10-17)20-13-7-8-14-21(20)22/h1-15,22H,16H2/b19-15-. The van der Waals surface area contributed by atoms with E-state index in [1.54, 1.807) is 0 Å². The third kappa shape index (κ3) is 2.69. The van der Waals surface area contributed by atoms with E-state index in [0.29, 0.717) is 0 Å². The Morgan fingerprint density at radius 1 is 0.792 bits per heavy atom. The van der Waals surface area contributed by atoms with Gasteiger partial charge in [-0.05, 0) is 28.7 Å². The van der Waals surface area contributed by atoms with Crippen molar-refractivity contribution in [3.63, 3.8) is 0 Å². The Bertz CT molecular complexity index is 892. The van der Waals surface area contributed by atoms with E-state index in [1.807, 2.05) is 60.7 Å². The maximum atomic E-state index is 13.0. The summed E-state index contributed by atoms with van der Waals surface area (Å²) in [7, 11) is 0. The highest BCUT2D eigenvalue weighted by Gasteiger charge is 2.31. The van der Waals surface area contributed by atoms with Gasteiger partial charge >= 0.3 is 0 Å². The average Bonchev–Trinajstić information content (AvgIpc) is 3.01. The minimum atomic E-state index is -0.0847. The number of hydrogen-bond acceptors (Lipinski definition) is 1. The molecular weight excluding hydrogens is 292 g/mol. The molecule has 0 aliphatic heterocycles. The Hall–Kier alpha value is -2.93. The Labute approximate surface area is 142 Å². The number of fused-ring (bicyclic) bond motifs is 1. The summed E-state index contributed by atoms with van der Waals surface area (Å²) < 4.78 is 0. The molecule has 24 heavy (non-hydrogen) atoms. The summed E-state index contributed by atoms with van der Waals surface area (Å²) in [6.07, 6.45) is 2.97. The summed E-state index contributed by atoms with van der Waals surface area (Å²) in [5.74, 6) is 0.123. The molecule has 0 radical (unpaired) electrons. The van der Waals surface area contributed by atoms with Crippen LogP contribution in [-0.4, -0.2) is 5.78 Å². The molecule has 0 aromatic heterocycles. The second-order valence-corrected chi connectivity index (χ2v) is 6.15. The molecule has 116 valence electrons. The number of allylic oxidation sites excluding steroid dienone is 1. The molecule has 3 aromatic rings. The van der Waals surface area contributed by atoms with Gasteiger partial charge in [0.25, 0.3) is 0 Å². The molecule has 0 heterocycles. The highest BCUT2D eigenvalue weighted by molar-refractivity contribution is 6.05. The van der Waals surface area contributed by atoms with Gasteiger partial charge in [0.1, 0.15) is 0 Å². The Balaban J connectivity index is 1.74. The van der Waals surface area contributed by atoms with Crippen molar-refractivity contribution in [3.8, 4) is 0 Å². The maximum Gasteiger partial charge on any atom is 0.170 e. The van der Waals surface area contributed by atoms with Crippen LogP contribution in [0.2, 0.25) is 0 Å². The van der Waals surface area contributed by atoms with Gasteiger partial charge in [0, 0.05) is 5.56 Å². The van der Waals surface area contributed by atoms with Gasteiger partial charge in [-0.2, -0.15) is 0 Å². The first kappa shape index (κ1) is 14.6. The summed E-state index contributed by atoms with van der Waals surface area (Å²) in [5, 5.41) is 0. The second kappa shape index (κ2) is 6.29. The van der Waals surface area contributed by atoms with Crippen LogP contribution >= 0.6 is 0 Å². The molecule has 1 aliphatic carbocycles. The number of carbonyl (C=O) groups is 1. The first-order chi connectivity index (χ1) is 11.8. The quantitative estimate of drug-likeness (QED) is 0.576. The summed E-state index contributed by atoms with van der Waals surface area (Å²) in [5.41, 5.74) is 5.56. The smallest absolute Gasteiger partial charge is 0.170 e. The zero-order chi connectivity index (χ0) is 16.4. The number of carbonyl (C=O) groups excluding carboxylic acids is 1. The van der Waals surface area contributed by atoms with Gasteiger partial charge in [-0.25, -0.2) is 0 Å². The zero-order valence-electron chi connectivity index (χ0n) is 13.4. The molecule has 0 N–H and O–H groups in total. The van der Waals surface area contributed by atoms with Crippen LogP contribution in [0.5, 0.6) is 0 Å². The third-order valence-electron chi connectivity index (χ3n) is 4.62. The van der Waals surface area contributed by atoms with Crippen molar-refractivity contribution in [3.05, 3.63) is 107 Å². The van der Waals surface area contributed by atoms with E-state index in [2.05, 4.69) is 30.3 Å². The fraction of sp³-hybridized carbons (Fsp3) is 0.0870. The normalized spacial score (nSPS) is 17.7. The van der Waals surface area contributed by atoms with E-state index >= 15 is 0 Å². The van der Waals surface area contributed by atoms with Crippen LogP contribution in [0.1, 0.15) is 39.4 Å². The molecule has 0 saturated carbocycles.